The molecule has 160 valence electrons. The van der Waals surface area contributed by atoms with Crippen molar-refractivity contribution in [3.63, 3.8) is 0 Å². The van der Waals surface area contributed by atoms with Gasteiger partial charge in [-0.1, -0.05) is 20.8 Å². The number of hydrogen-bond donors (Lipinski definition) is 3. The second kappa shape index (κ2) is 9.36. The molecule has 0 aromatic rings. The quantitative estimate of drug-likeness (QED) is 0.441. The number of rotatable bonds is 6. The van der Waals surface area contributed by atoms with E-state index in [9.17, 15) is 19.2 Å². The molecule has 1 rings (SSSR count). The Hall–Kier alpha value is -2.16. The zero-order valence-electron chi connectivity index (χ0n) is 17.9. The van der Waals surface area contributed by atoms with Gasteiger partial charge in [0.15, 0.2) is 0 Å². The van der Waals surface area contributed by atoms with Crippen molar-refractivity contribution in [1.82, 2.24) is 20.9 Å². The molecule has 3 amide bonds. The lowest BCUT2D eigenvalue weighted by Crippen LogP contribution is -2.58. The van der Waals surface area contributed by atoms with Crippen LogP contribution in [-0.2, 0) is 19.1 Å². The molecule has 0 aromatic heterocycles. The van der Waals surface area contributed by atoms with Gasteiger partial charge >= 0.3 is 12.0 Å². The smallest absolute Gasteiger partial charge is 0.325 e. The highest BCUT2D eigenvalue weighted by molar-refractivity contribution is 5.90. The first-order chi connectivity index (χ1) is 12.8. The average Bonchev–Trinajstić information content (AvgIpc) is 2.98. The molecule has 9 heteroatoms. The number of carbonyl (C=O) groups excluding carboxylic acids is 4. The van der Waals surface area contributed by atoms with Crippen molar-refractivity contribution < 1.29 is 23.9 Å². The van der Waals surface area contributed by atoms with Gasteiger partial charge in [0.1, 0.15) is 24.5 Å². The lowest BCUT2D eigenvalue weighted by Gasteiger charge is -2.34. The maximum absolute atomic E-state index is 13.1. The van der Waals surface area contributed by atoms with E-state index in [1.165, 1.54) is 4.90 Å². The van der Waals surface area contributed by atoms with Crippen LogP contribution in [0.1, 0.15) is 48.0 Å². The molecule has 1 heterocycles. The molecule has 0 aromatic carbocycles. The van der Waals surface area contributed by atoms with E-state index < -0.39 is 35.1 Å². The number of nitrogens with one attached hydrogen (secondary N) is 3. The number of amides is 3. The summed E-state index contributed by atoms with van der Waals surface area (Å²) in [5.41, 5.74) is -1.24. The van der Waals surface area contributed by atoms with Crippen LogP contribution in [0.3, 0.4) is 0 Å². The second-order valence-corrected chi connectivity index (χ2v) is 9.13. The lowest BCUT2D eigenvalue weighted by atomic mass is 9.85. The zero-order chi connectivity index (χ0) is 21.7. The minimum absolute atomic E-state index is 0.0285. The van der Waals surface area contributed by atoms with Gasteiger partial charge in [-0.05, 0) is 39.7 Å². The first kappa shape index (κ1) is 23.9. The van der Waals surface area contributed by atoms with Crippen molar-refractivity contribution in [3.8, 4) is 0 Å². The maximum atomic E-state index is 13.1. The van der Waals surface area contributed by atoms with Crippen LogP contribution in [0, 0.1) is 5.41 Å². The predicted octanol–water partition coefficient (Wildman–Crippen LogP) is 0.430. The van der Waals surface area contributed by atoms with Crippen molar-refractivity contribution in [1.29, 1.82) is 0 Å². The highest BCUT2D eigenvalue weighted by atomic mass is 16.6. The molecule has 3 N–H and O–H groups in total. The summed E-state index contributed by atoms with van der Waals surface area (Å²) in [7, 11) is 1.78. The molecule has 28 heavy (non-hydrogen) atoms. The maximum Gasteiger partial charge on any atom is 0.325 e. The van der Waals surface area contributed by atoms with E-state index >= 15 is 0 Å². The Kier molecular flexibility index (Phi) is 7.98. The number of hydrogen-bond acceptors (Lipinski definition) is 6. The minimum Gasteiger partial charge on any atom is -0.459 e. The molecule has 1 saturated heterocycles. The molecule has 9 nitrogen and oxygen atoms in total. The molecule has 1 aliphatic heterocycles. The summed E-state index contributed by atoms with van der Waals surface area (Å²) >= 11 is 0. The Morgan fingerprint density at radius 1 is 1.18 bits per heavy atom. The summed E-state index contributed by atoms with van der Waals surface area (Å²) in [6.45, 7) is 10.8. The fourth-order valence-corrected chi connectivity index (χ4v) is 2.98. The Bertz CT molecular complexity index is 594. The van der Waals surface area contributed by atoms with Gasteiger partial charge in [-0.3, -0.25) is 9.59 Å². The molecule has 3 atom stereocenters. The molecule has 0 spiro atoms. The highest BCUT2D eigenvalue weighted by Crippen LogP contribution is 2.25. The van der Waals surface area contributed by atoms with Gasteiger partial charge < -0.3 is 30.4 Å². The summed E-state index contributed by atoms with van der Waals surface area (Å²) in [5, 5.41) is 8.14. The van der Waals surface area contributed by atoms with Crippen molar-refractivity contribution in [3.05, 3.63) is 0 Å². The molecule has 1 aliphatic rings. The summed E-state index contributed by atoms with van der Waals surface area (Å²) < 4.78 is 5.14. The summed E-state index contributed by atoms with van der Waals surface area (Å²) in [4.78, 5) is 50.0. The van der Waals surface area contributed by atoms with E-state index in [0.29, 0.717) is 13.0 Å². The van der Waals surface area contributed by atoms with Crippen LogP contribution in [0.5, 0.6) is 0 Å². The van der Waals surface area contributed by atoms with E-state index in [2.05, 4.69) is 16.0 Å². The van der Waals surface area contributed by atoms with Crippen LogP contribution < -0.4 is 16.0 Å². The Morgan fingerprint density at radius 3 is 2.25 bits per heavy atom. The number of likely N-dealkylation sites (N-methyl/N-ethyl adjacent to an activating group) is 1. The van der Waals surface area contributed by atoms with Gasteiger partial charge in [-0.2, -0.15) is 0 Å². The number of aldehydes is 1. The Balaban J connectivity index is 2.78. The van der Waals surface area contributed by atoms with Crippen molar-refractivity contribution >= 4 is 24.2 Å². The van der Waals surface area contributed by atoms with E-state index in [1.54, 1.807) is 27.8 Å². The lowest BCUT2D eigenvalue weighted by molar-refractivity contribution is -0.153. The molecule has 1 fully saturated rings. The van der Waals surface area contributed by atoms with Gasteiger partial charge in [0.25, 0.3) is 0 Å². The monoisotopic (exact) mass is 398 g/mol. The number of carbonyl (C=O) groups is 4. The molecule has 2 unspecified atom stereocenters. The first-order valence-electron chi connectivity index (χ1n) is 9.47. The SMILES string of the molecule is CNC1C[C@@H](C=O)N(C(=O)C(NC(=O)NCC(=O)OC(C)(C)C)C(C)(C)C)C1. The summed E-state index contributed by atoms with van der Waals surface area (Å²) in [6, 6.07) is -2.00. The van der Waals surface area contributed by atoms with Gasteiger partial charge in [0.05, 0.1) is 6.04 Å². The van der Waals surface area contributed by atoms with Gasteiger partial charge in [-0.25, -0.2) is 4.79 Å². The van der Waals surface area contributed by atoms with E-state index in [-0.39, 0.29) is 18.5 Å². The van der Waals surface area contributed by atoms with Gasteiger partial charge in [0.2, 0.25) is 5.91 Å². The summed E-state index contributed by atoms with van der Waals surface area (Å²) in [5.74, 6) is -0.895. The number of esters is 1. The number of nitrogens with zero attached hydrogens (tertiary/aromatic N) is 1. The Morgan fingerprint density at radius 2 is 1.79 bits per heavy atom. The fourth-order valence-electron chi connectivity index (χ4n) is 2.98. The average molecular weight is 399 g/mol. The fraction of sp³-hybridized carbons (Fsp3) is 0.789. The van der Waals surface area contributed by atoms with Gasteiger partial charge in [0, 0.05) is 12.6 Å². The van der Waals surface area contributed by atoms with Crippen molar-refractivity contribution in [2.75, 3.05) is 20.1 Å². The zero-order valence-corrected chi connectivity index (χ0v) is 17.9. The van der Waals surface area contributed by atoms with Crippen LogP contribution in [0.4, 0.5) is 4.79 Å². The first-order valence-corrected chi connectivity index (χ1v) is 9.47. The van der Waals surface area contributed by atoms with Crippen molar-refractivity contribution in [2.24, 2.45) is 5.41 Å². The number of ether oxygens (including phenoxy) is 1. The number of likely N-dealkylation sites (tertiary alicyclic amines) is 1. The third kappa shape index (κ3) is 7.10. The highest BCUT2D eigenvalue weighted by Gasteiger charge is 2.42. The minimum atomic E-state index is -0.857. The molecular formula is C19H34N4O5. The summed E-state index contributed by atoms with van der Waals surface area (Å²) in [6.07, 6.45) is 1.30. The van der Waals surface area contributed by atoms with Crippen molar-refractivity contribution in [2.45, 2.75) is 71.7 Å². The third-order valence-corrected chi connectivity index (χ3v) is 4.39. The molecule has 0 saturated carbocycles. The normalized spacial score (nSPS) is 21.0. The van der Waals surface area contributed by atoms with Crippen LogP contribution in [0.25, 0.3) is 0 Å². The molecule has 0 radical (unpaired) electrons. The van der Waals surface area contributed by atoms with Crippen LogP contribution in [-0.4, -0.2) is 73.0 Å². The predicted molar refractivity (Wildman–Crippen MR) is 105 cm³/mol. The number of urea groups is 1. The van der Waals surface area contributed by atoms with Gasteiger partial charge in [-0.15, -0.1) is 0 Å². The van der Waals surface area contributed by atoms with Crippen LogP contribution in [0.2, 0.25) is 0 Å². The third-order valence-electron chi connectivity index (χ3n) is 4.39. The second-order valence-electron chi connectivity index (χ2n) is 9.13. The van der Waals surface area contributed by atoms with Crippen LogP contribution >= 0.6 is 0 Å². The molecular weight excluding hydrogens is 364 g/mol. The molecule has 0 bridgehead atoms. The van der Waals surface area contributed by atoms with E-state index in [0.717, 1.165) is 6.29 Å². The van der Waals surface area contributed by atoms with E-state index in [1.807, 2.05) is 20.8 Å². The largest absolute Gasteiger partial charge is 0.459 e. The Labute approximate surface area is 166 Å². The topological polar surface area (TPSA) is 117 Å². The van der Waals surface area contributed by atoms with Crippen LogP contribution in [0.15, 0.2) is 0 Å². The van der Waals surface area contributed by atoms with E-state index in [4.69, 9.17) is 4.74 Å². The molecule has 0 aliphatic carbocycles. The standard InChI is InChI=1S/C19H34N4O5/c1-18(2,3)15(16(26)23-10-12(20-7)8-13(23)11-24)22-17(27)21-9-14(25)28-19(4,5)6/h11-13,15,20H,8-10H2,1-7H3,(H2,21,22,27)/t12?,13-,15?/m0/s1.